The number of hydrogen-bond donors (Lipinski definition) is 0. The number of benzene rings is 1. The van der Waals surface area contributed by atoms with Gasteiger partial charge in [-0.2, -0.15) is 0 Å². The van der Waals surface area contributed by atoms with Crippen LogP contribution in [0, 0.1) is 0 Å². The van der Waals surface area contributed by atoms with Gasteiger partial charge >= 0.3 is 0 Å². The maximum Gasteiger partial charge on any atom is 0.231 e. The molecule has 28 heavy (non-hydrogen) atoms. The summed E-state index contributed by atoms with van der Waals surface area (Å²) in [6, 6.07) is 9.54. The molecule has 0 unspecified atom stereocenters. The van der Waals surface area contributed by atoms with E-state index < -0.39 is 0 Å². The van der Waals surface area contributed by atoms with Crippen molar-refractivity contribution in [2.24, 2.45) is 0 Å². The fourth-order valence-electron chi connectivity index (χ4n) is 3.20. The van der Waals surface area contributed by atoms with Crippen LogP contribution >= 0.6 is 0 Å². The Balaban J connectivity index is 1.42. The maximum absolute atomic E-state index is 13.0. The Labute approximate surface area is 163 Å². The minimum atomic E-state index is 0.0845. The van der Waals surface area contributed by atoms with E-state index in [9.17, 15) is 4.79 Å². The van der Waals surface area contributed by atoms with Gasteiger partial charge in [0.1, 0.15) is 0 Å². The Kier molecular flexibility index (Phi) is 5.51. The lowest BCUT2D eigenvalue weighted by molar-refractivity contribution is -0.131. The van der Waals surface area contributed by atoms with Gasteiger partial charge < -0.3 is 18.9 Å². The highest BCUT2D eigenvalue weighted by Crippen LogP contribution is 2.32. The molecule has 0 aliphatic carbocycles. The molecule has 0 atom stereocenters. The summed E-state index contributed by atoms with van der Waals surface area (Å²) in [5.41, 5.74) is 1.99. The van der Waals surface area contributed by atoms with Gasteiger partial charge in [-0.3, -0.25) is 9.78 Å². The van der Waals surface area contributed by atoms with E-state index >= 15 is 0 Å². The average Bonchev–Trinajstić information content (AvgIpc) is 3.39. The van der Waals surface area contributed by atoms with Crippen LogP contribution in [0.3, 0.4) is 0 Å². The molecule has 7 heteroatoms. The highest BCUT2D eigenvalue weighted by atomic mass is 16.7. The van der Waals surface area contributed by atoms with Crippen LogP contribution in [0.15, 0.2) is 61.4 Å². The molecule has 0 bridgehead atoms. The van der Waals surface area contributed by atoms with Gasteiger partial charge in [0.25, 0.3) is 0 Å². The molecule has 0 fully saturated rings. The summed E-state index contributed by atoms with van der Waals surface area (Å²) in [4.78, 5) is 23.0. The number of rotatable bonds is 8. The van der Waals surface area contributed by atoms with E-state index in [0.717, 1.165) is 29.8 Å². The SMILES string of the molecule is O=C(Cc1ccc2c(c1)OCO2)N(CCCn1ccnc1)Cc1ccncc1. The first-order chi connectivity index (χ1) is 13.8. The summed E-state index contributed by atoms with van der Waals surface area (Å²) < 4.78 is 12.8. The number of fused-ring (bicyclic) bond motifs is 1. The van der Waals surface area contributed by atoms with E-state index in [1.807, 2.05) is 46.0 Å². The van der Waals surface area contributed by atoms with Crippen LogP contribution in [0.4, 0.5) is 0 Å². The molecular weight excluding hydrogens is 356 g/mol. The largest absolute Gasteiger partial charge is 0.454 e. The Morgan fingerprint density at radius 3 is 2.71 bits per heavy atom. The lowest BCUT2D eigenvalue weighted by Crippen LogP contribution is -2.33. The molecule has 0 saturated heterocycles. The van der Waals surface area contributed by atoms with Crippen LogP contribution in [0.1, 0.15) is 17.5 Å². The zero-order valence-corrected chi connectivity index (χ0v) is 15.5. The van der Waals surface area contributed by atoms with E-state index in [4.69, 9.17) is 9.47 Å². The molecule has 3 heterocycles. The van der Waals surface area contributed by atoms with Crippen molar-refractivity contribution in [3.8, 4) is 11.5 Å². The summed E-state index contributed by atoms with van der Waals surface area (Å²) in [7, 11) is 0. The zero-order valence-electron chi connectivity index (χ0n) is 15.5. The maximum atomic E-state index is 13.0. The first kappa shape index (κ1) is 18.0. The standard InChI is InChI=1S/C21H22N4O3/c26-21(13-18-2-3-19-20(12-18)28-16-27-19)25(14-17-4-6-22-7-5-17)10-1-9-24-11-8-23-15-24/h2-8,11-12,15H,1,9-10,13-14,16H2. The van der Waals surface area contributed by atoms with Gasteiger partial charge in [-0.1, -0.05) is 6.07 Å². The predicted molar refractivity (Wildman–Crippen MR) is 103 cm³/mol. The molecule has 0 spiro atoms. The number of pyridine rings is 1. The fourth-order valence-corrected chi connectivity index (χ4v) is 3.20. The molecule has 3 aromatic rings. The summed E-state index contributed by atoms with van der Waals surface area (Å²) in [6.45, 7) is 2.29. The van der Waals surface area contributed by atoms with Gasteiger partial charge in [-0.05, 0) is 41.8 Å². The predicted octanol–water partition coefficient (Wildman–Crippen LogP) is 2.67. The Bertz CT molecular complexity index is 913. The van der Waals surface area contributed by atoms with E-state index in [1.54, 1.807) is 24.9 Å². The van der Waals surface area contributed by atoms with Crippen molar-refractivity contribution in [1.29, 1.82) is 0 Å². The number of imidazole rings is 1. The first-order valence-corrected chi connectivity index (χ1v) is 9.29. The minimum Gasteiger partial charge on any atom is -0.454 e. The number of ether oxygens (including phenoxy) is 2. The molecule has 144 valence electrons. The average molecular weight is 378 g/mol. The molecule has 0 N–H and O–H groups in total. The molecular formula is C21H22N4O3. The second-order valence-electron chi connectivity index (χ2n) is 6.69. The lowest BCUT2D eigenvalue weighted by Gasteiger charge is -2.23. The number of aromatic nitrogens is 3. The third-order valence-electron chi connectivity index (χ3n) is 4.67. The molecule has 1 amide bonds. The van der Waals surface area contributed by atoms with Crippen molar-refractivity contribution in [3.05, 3.63) is 72.6 Å². The molecule has 1 aromatic carbocycles. The van der Waals surface area contributed by atoms with Gasteiger partial charge in [0, 0.05) is 44.4 Å². The number of aryl methyl sites for hydroxylation is 1. The monoisotopic (exact) mass is 378 g/mol. The van der Waals surface area contributed by atoms with Crippen LogP contribution in [-0.2, 0) is 24.3 Å². The topological polar surface area (TPSA) is 69.5 Å². The highest BCUT2D eigenvalue weighted by molar-refractivity contribution is 5.79. The molecule has 0 radical (unpaired) electrons. The number of carbonyl (C=O) groups is 1. The van der Waals surface area contributed by atoms with Crippen LogP contribution in [0.25, 0.3) is 0 Å². The van der Waals surface area contributed by atoms with Gasteiger partial charge in [-0.25, -0.2) is 4.98 Å². The molecule has 7 nitrogen and oxygen atoms in total. The van der Waals surface area contributed by atoms with Crippen molar-refractivity contribution in [2.45, 2.75) is 25.9 Å². The van der Waals surface area contributed by atoms with Crippen LogP contribution < -0.4 is 9.47 Å². The second-order valence-corrected chi connectivity index (χ2v) is 6.69. The summed E-state index contributed by atoms with van der Waals surface area (Å²) in [5.74, 6) is 1.51. The Morgan fingerprint density at radius 1 is 1.04 bits per heavy atom. The van der Waals surface area contributed by atoms with Crippen molar-refractivity contribution >= 4 is 5.91 Å². The summed E-state index contributed by atoms with van der Waals surface area (Å²) in [6.07, 6.45) is 10.2. The minimum absolute atomic E-state index is 0.0845. The number of nitrogens with zero attached hydrogens (tertiary/aromatic N) is 4. The fraction of sp³-hybridized carbons (Fsp3) is 0.286. The van der Waals surface area contributed by atoms with Crippen LogP contribution in [0.5, 0.6) is 11.5 Å². The van der Waals surface area contributed by atoms with Crippen LogP contribution in [0.2, 0.25) is 0 Å². The van der Waals surface area contributed by atoms with Crippen molar-refractivity contribution < 1.29 is 14.3 Å². The number of hydrogen-bond acceptors (Lipinski definition) is 5. The zero-order chi connectivity index (χ0) is 19.2. The van der Waals surface area contributed by atoms with E-state index in [2.05, 4.69) is 9.97 Å². The normalized spacial score (nSPS) is 12.1. The van der Waals surface area contributed by atoms with Gasteiger partial charge in [0.2, 0.25) is 12.7 Å². The molecule has 4 rings (SSSR count). The van der Waals surface area contributed by atoms with Crippen molar-refractivity contribution in [2.75, 3.05) is 13.3 Å². The van der Waals surface area contributed by atoms with E-state index in [0.29, 0.717) is 25.3 Å². The summed E-state index contributed by atoms with van der Waals surface area (Å²) >= 11 is 0. The van der Waals surface area contributed by atoms with E-state index in [-0.39, 0.29) is 12.7 Å². The van der Waals surface area contributed by atoms with E-state index in [1.165, 1.54) is 0 Å². The molecule has 1 aliphatic heterocycles. The third kappa shape index (κ3) is 4.49. The number of carbonyl (C=O) groups excluding carboxylic acids is 1. The van der Waals surface area contributed by atoms with Gasteiger partial charge in [0.05, 0.1) is 12.7 Å². The highest BCUT2D eigenvalue weighted by Gasteiger charge is 2.18. The molecule has 1 aliphatic rings. The van der Waals surface area contributed by atoms with Crippen molar-refractivity contribution in [1.82, 2.24) is 19.4 Å². The van der Waals surface area contributed by atoms with Gasteiger partial charge in [-0.15, -0.1) is 0 Å². The number of amides is 1. The first-order valence-electron chi connectivity index (χ1n) is 9.29. The van der Waals surface area contributed by atoms with Crippen molar-refractivity contribution in [3.63, 3.8) is 0 Å². The summed E-state index contributed by atoms with van der Waals surface area (Å²) in [5, 5.41) is 0. The quantitative estimate of drug-likeness (QED) is 0.603. The second kappa shape index (κ2) is 8.56. The lowest BCUT2D eigenvalue weighted by atomic mass is 10.1. The van der Waals surface area contributed by atoms with Gasteiger partial charge in [0.15, 0.2) is 11.5 Å². The Hall–Kier alpha value is -3.35. The smallest absolute Gasteiger partial charge is 0.231 e. The Morgan fingerprint density at radius 2 is 1.89 bits per heavy atom. The van der Waals surface area contributed by atoms with Crippen LogP contribution in [-0.4, -0.2) is 38.7 Å². The molecule has 2 aromatic heterocycles. The molecule has 0 saturated carbocycles. The third-order valence-corrected chi connectivity index (χ3v) is 4.67.